The molecule has 1 aliphatic heterocycles. The van der Waals surface area contributed by atoms with E-state index < -0.39 is 11.3 Å². The maximum atomic E-state index is 6.22. The van der Waals surface area contributed by atoms with Crippen LogP contribution in [0, 0.1) is 0 Å². The van der Waals surface area contributed by atoms with Crippen molar-refractivity contribution in [2.75, 3.05) is 0 Å². The lowest BCUT2D eigenvalue weighted by Crippen LogP contribution is -2.34. The second kappa shape index (κ2) is 4.25. The third kappa shape index (κ3) is 2.11. The monoisotopic (exact) mass is 272 g/mol. The predicted octanol–water partition coefficient (Wildman–Crippen LogP) is 3.61. The molecule has 3 heterocycles. The summed E-state index contributed by atoms with van der Waals surface area (Å²) in [5, 5.41) is 2.06. The molecule has 3 nitrogen and oxygen atoms in total. The molecule has 0 amide bonds. The zero-order valence-corrected chi connectivity index (χ0v) is 12.1. The Hall–Kier alpha value is -1.52. The van der Waals surface area contributed by atoms with Gasteiger partial charge in [-0.1, -0.05) is 12.1 Å². The molecule has 3 rings (SSSR count). The molecule has 2 aromatic rings. The molecule has 0 radical (unpaired) electrons. The first-order chi connectivity index (χ1) is 9.01. The number of aromatic nitrogens is 1. The Morgan fingerprint density at radius 3 is 2.63 bits per heavy atom. The lowest BCUT2D eigenvalue weighted by molar-refractivity contribution is -0.0715. The van der Waals surface area contributed by atoms with Gasteiger partial charge in [0.15, 0.2) is 5.72 Å². The van der Waals surface area contributed by atoms with Crippen molar-refractivity contribution in [3.63, 3.8) is 0 Å². The van der Waals surface area contributed by atoms with Gasteiger partial charge in [0, 0.05) is 18.0 Å². The minimum absolute atomic E-state index is 0.510. The molecule has 19 heavy (non-hydrogen) atoms. The second-order valence-electron chi connectivity index (χ2n) is 5.26. The molecule has 0 saturated carbocycles. The average molecular weight is 272 g/mol. The van der Waals surface area contributed by atoms with Crippen LogP contribution in [0.3, 0.4) is 0 Å². The predicted molar refractivity (Wildman–Crippen MR) is 77.6 cm³/mol. The molecule has 1 aliphatic rings. The topological polar surface area (TPSA) is 34.5 Å². The summed E-state index contributed by atoms with van der Waals surface area (Å²) >= 11 is 1.69. The first kappa shape index (κ1) is 12.5. The number of hydrogen-bond donors (Lipinski definition) is 0. The number of nitrogens with zero attached hydrogens (tertiary/aromatic N) is 2. The molecule has 0 fully saturated rings. The minimum Gasteiger partial charge on any atom is -0.337 e. The molecule has 0 spiro atoms. The maximum Gasteiger partial charge on any atom is 0.155 e. The van der Waals surface area contributed by atoms with Crippen LogP contribution in [0.15, 0.2) is 47.0 Å². The summed E-state index contributed by atoms with van der Waals surface area (Å²) in [4.78, 5) is 10.1. The molecule has 1 atom stereocenters. The van der Waals surface area contributed by atoms with Gasteiger partial charge in [-0.15, -0.1) is 11.3 Å². The minimum atomic E-state index is -0.539. The van der Waals surface area contributed by atoms with Gasteiger partial charge in [0.2, 0.25) is 0 Å². The van der Waals surface area contributed by atoms with E-state index in [1.165, 1.54) is 0 Å². The van der Waals surface area contributed by atoms with E-state index in [0.29, 0.717) is 0 Å². The molecule has 0 aliphatic carbocycles. The van der Waals surface area contributed by atoms with Crippen LogP contribution in [0.25, 0.3) is 0 Å². The standard InChI is InChI=1S/C15H16N2OS/c1-14(2)17-13(12-7-5-9-19-12)15(3,18-14)11-6-4-8-16-10-11/h4-10H,1-3H3. The summed E-state index contributed by atoms with van der Waals surface area (Å²) < 4.78 is 6.22. The fourth-order valence-corrected chi connectivity index (χ4v) is 3.30. The van der Waals surface area contributed by atoms with Crippen molar-refractivity contribution in [2.24, 2.45) is 4.99 Å². The SMILES string of the molecule is CC1(C)N=C(c2cccs2)C(C)(c2cccnc2)O1. The highest BCUT2D eigenvalue weighted by molar-refractivity contribution is 7.12. The van der Waals surface area contributed by atoms with Crippen molar-refractivity contribution >= 4 is 17.0 Å². The van der Waals surface area contributed by atoms with Gasteiger partial charge in [-0.3, -0.25) is 9.98 Å². The molecule has 4 heteroatoms. The Labute approximate surface area is 117 Å². The Bertz CT molecular complexity index is 604. The van der Waals surface area contributed by atoms with Gasteiger partial charge in [-0.25, -0.2) is 0 Å². The van der Waals surface area contributed by atoms with Crippen LogP contribution in [0.2, 0.25) is 0 Å². The third-order valence-corrected chi connectivity index (χ3v) is 4.13. The number of ether oxygens (including phenoxy) is 1. The highest BCUT2D eigenvalue weighted by atomic mass is 32.1. The largest absolute Gasteiger partial charge is 0.337 e. The summed E-state index contributed by atoms with van der Waals surface area (Å²) in [5.74, 6) is 0. The fraction of sp³-hybridized carbons (Fsp3) is 0.333. The van der Waals surface area contributed by atoms with Gasteiger partial charge in [0.1, 0.15) is 5.60 Å². The summed E-state index contributed by atoms with van der Waals surface area (Å²) in [5.41, 5.74) is 0.972. The third-order valence-electron chi connectivity index (χ3n) is 3.25. The van der Waals surface area contributed by atoms with Gasteiger partial charge in [-0.05, 0) is 38.3 Å². The van der Waals surface area contributed by atoms with E-state index in [1.807, 2.05) is 38.2 Å². The van der Waals surface area contributed by atoms with Crippen LogP contribution in [0.5, 0.6) is 0 Å². The van der Waals surface area contributed by atoms with Crippen LogP contribution in [-0.4, -0.2) is 16.4 Å². The summed E-state index contributed by atoms with van der Waals surface area (Å²) in [7, 11) is 0. The van der Waals surface area contributed by atoms with E-state index in [4.69, 9.17) is 9.73 Å². The quantitative estimate of drug-likeness (QED) is 0.837. The molecule has 2 aromatic heterocycles. The van der Waals surface area contributed by atoms with Gasteiger partial charge in [-0.2, -0.15) is 0 Å². The normalized spacial score (nSPS) is 25.3. The Morgan fingerprint density at radius 1 is 1.16 bits per heavy atom. The Balaban J connectivity index is 2.13. The van der Waals surface area contributed by atoms with E-state index in [-0.39, 0.29) is 0 Å². The summed E-state index contributed by atoms with van der Waals surface area (Å²) in [6, 6.07) is 8.10. The van der Waals surface area contributed by atoms with Crippen molar-refractivity contribution in [1.29, 1.82) is 0 Å². The van der Waals surface area contributed by atoms with Crippen LogP contribution in [-0.2, 0) is 10.3 Å². The van der Waals surface area contributed by atoms with Crippen LogP contribution in [0.4, 0.5) is 0 Å². The van der Waals surface area contributed by atoms with Crippen molar-refractivity contribution in [3.8, 4) is 0 Å². The zero-order chi connectivity index (χ0) is 13.5. The smallest absolute Gasteiger partial charge is 0.155 e. The van der Waals surface area contributed by atoms with Gasteiger partial charge in [0.05, 0.1) is 10.6 Å². The number of aliphatic imine (C=N–C) groups is 1. The molecule has 1 unspecified atom stereocenters. The number of thiophene rings is 1. The summed E-state index contributed by atoms with van der Waals surface area (Å²) in [6.07, 6.45) is 3.62. The number of hydrogen-bond acceptors (Lipinski definition) is 4. The second-order valence-corrected chi connectivity index (χ2v) is 6.21. The van der Waals surface area contributed by atoms with E-state index in [2.05, 4.69) is 23.4 Å². The molecular weight excluding hydrogens is 256 g/mol. The van der Waals surface area contributed by atoms with Crippen molar-refractivity contribution < 1.29 is 4.74 Å². The van der Waals surface area contributed by atoms with Crippen LogP contribution >= 0.6 is 11.3 Å². The van der Waals surface area contributed by atoms with Crippen LogP contribution < -0.4 is 0 Å². The maximum absolute atomic E-state index is 6.22. The number of rotatable bonds is 2. The van der Waals surface area contributed by atoms with Crippen molar-refractivity contribution in [1.82, 2.24) is 4.98 Å². The van der Waals surface area contributed by atoms with E-state index in [1.54, 1.807) is 17.5 Å². The zero-order valence-electron chi connectivity index (χ0n) is 11.3. The van der Waals surface area contributed by atoms with Gasteiger partial charge in [0.25, 0.3) is 0 Å². The number of pyridine rings is 1. The first-order valence-electron chi connectivity index (χ1n) is 6.26. The van der Waals surface area contributed by atoms with E-state index in [9.17, 15) is 0 Å². The van der Waals surface area contributed by atoms with Crippen LogP contribution in [0.1, 0.15) is 31.2 Å². The molecule has 98 valence electrons. The van der Waals surface area contributed by atoms with Gasteiger partial charge < -0.3 is 4.74 Å². The Morgan fingerprint density at radius 2 is 2.00 bits per heavy atom. The average Bonchev–Trinajstić information content (AvgIpc) is 2.97. The lowest BCUT2D eigenvalue weighted by Gasteiger charge is -2.28. The molecule has 0 aromatic carbocycles. The molecule has 0 N–H and O–H groups in total. The molecule has 0 bridgehead atoms. The van der Waals surface area contributed by atoms with E-state index >= 15 is 0 Å². The lowest BCUT2D eigenvalue weighted by atomic mass is 9.91. The fourth-order valence-electron chi connectivity index (χ4n) is 2.49. The highest BCUT2D eigenvalue weighted by Gasteiger charge is 2.46. The Kier molecular flexibility index (Phi) is 2.80. The molecular formula is C15H16N2OS. The van der Waals surface area contributed by atoms with Gasteiger partial charge >= 0.3 is 0 Å². The first-order valence-corrected chi connectivity index (χ1v) is 7.14. The molecule has 0 saturated heterocycles. The van der Waals surface area contributed by atoms with E-state index in [0.717, 1.165) is 16.2 Å². The van der Waals surface area contributed by atoms with Crippen molar-refractivity contribution in [2.45, 2.75) is 32.1 Å². The van der Waals surface area contributed by atoms with Crippen molar-refractivity contribution in [3.05, 3.63) is 52.5 Å². The summed E-state index contributed by atoms with van der Waals surface area (Å²) in [6.45, 7) is 6.04. The highest BCUT2D eigenvalue weighted by Crippen LogP contribution is 2.41.